The highest BCUT2D eigenvalue weighted by Crippen LogP contribution is 2.62. The molecule has 2 heterocycles. The number of nitrogens with zero attached hydrogens (tertiary/aromatic N) is 1. The van der Waals surface area contributed by atoms with Crippen LogP contribution in [0.3, 0.4) is 0 Å². The SMILES string of the molecule is C=CC[N+]1(C)CC[C@]23c4c5ccc([O-])c4O[C@H]2[C@@H](O)C=C[C@H]3[C@H]1C5. The molecule has 2 aliphatic carbocycles. The molecular formula is C20H23NO3. The number of rotatable bonds is 2. The van der Waals surface area contributed by atoms with Crippen LogP contribution in [0.4, 0.5) is 0 Å². The van der Waals surface area contributed by atoms with Crippen molar-refractivity contribution in [1.29, 1.82) is 0 Å². The predicted molar refractivity (Wildman–Crippen MR) is 88.8 cm³/mol. The first kappa shape index (κ1) is 14.6. The van der Waals surface area contributed by atoms with Crippen molar-refractivity contribution in [3.8, 4) is 11.5 Å². The molecule has 5 rings (SSSR count). The second-order valence-electron chi connectivity index (χ2n) is 8.10. The van der Waals surface area contributed by atoms with E-state index >= 15 is 0 Å². The first-order valence-electron chi connectivity index (χ1n) is 8.83. The fourth-order valence-electron chi connectivity index (χ4n) is 6.01. The fraction of sp³-hybridized carbons (Fsp3) is 0.500. The van der Waals surface area contributed by atoms with Gasteiger partial charge in [-0.15, -0.1) is 0 Å². The summed E-state index contributed by atoms with van der Waals surface area (Å²) in [6.45, 7) is 5.93. The van der Waals surface area contributed by atoms with Crippen LogP contribution in [0.5, 0.6) is 11.5 Å². The zero-order valence-corrected chi connectivity index (χ0v) is 13.9. The maximum atomic E-state index is 12.4. The molecule has 1 N–H and O–H groups in total. The normalized spacial score (nSPS) is 43.9. The highest BCUT2D eigenvalue weighted by atomic mass is 16.5. The van der Waals surface area contributed by atoms with E-state index in [1.54, 1.807) is 6.07 Å². The van der Waals surface area contributed by atoms with Crippen LogP contribution in [0.2, 0.25) is 0 Å². The Labute approximate surface area is 142 Å². The number of likely N-dealkylation sites (N-methyl/N-ethyl adjacent to an activating group) is 1. The van der Waals surface area contributed by atoms with Crippen LogP contribution in [0, 0.1) is 5.92 Å². The molecule has 0 amide bonds. The lowest BCUT2D eigenvalue weighted by Crippen LogP contribution is -2.71. The second kappa shape index (κ2) is 4.44. The number of piperidine rings is 1. The molecule has 0 radical (unpaired) electrons. The van der Waals surface area contributed by atoms with Crippen LogP contribution < -0.4 is 9.84 Å². The Morgan fingerprint density at radius 1 is 1.46 bits per heavy atom. The lowest BCUT2D eigenvalue weighted by atomic mass is 9.52. The number of benzene rings is 1. The molecule has 0 saturated carbocycles. The molecule has 1 aromatic rings. The lowest BCUT2D eigenvalue weighted by molar-refractivity contribution is -0.938. The summed E-state index contributed by atoms with van der Waals surface area (Å²) < 4.78 is 7.08. The number of ether oxygens (including phenoxy) is 1. The minimum absolute atomic E-state index is 0.0455. The molecule has 1 spiro atoms. The van der Waals surface area contributed by atoms with Crippen molar-refractivity contribution in [2.24, 2.45) is 5.92 Å². The predicted octanol–water partition coefficient (Wildman–Crippen LogP) is 1.27. The van der Waals surface area contributed by atoms with Crippen molar-refractivity contribution < 1.29 is 19.4 Å². The Balaban J connectivity index is 1.78. The van der Waals surface area contributed by atoms with E-state index < -0.39 is 6.10 Å². The van der Waals surface area contributed by atoms with Crippen molar-refractivity contribution >= 4 is 0 Å². The average Bonchev–Trinajstić information content (AvgIpc) is 2.91. The van der Waals surface area contributed by atoms with Gasteiger partial charge in [0.25, 0.3) is 0 Å². The average molecular weight is 325 g/mol. The highest BCUT2D eigenvalue weighted by molar-refractivity contribution is 5.61. The first-order chi connectivity index (χ1) is 11.5. The summed E-state index contributed by atoms with van der Waals surface area (Å²) in [4.78, 5) is 0. The van der Waals surface area contributed by atoms with Crippen molar-refractivity contribution in [2.45, 2.75) is 36.5 Å². The molecule has 2 aliphatic heterocycles. The molecule has 4 nitrogen and oxygen atoms in total. The quantitative estimate of drug-likeness (QED) is 0.658. The minimum Gasteiger partial charge on any atom is -0.870 e. The minimum atomic E-state index is -0.643. The van der Waals surface area contributed by atoms with Gasteiger partial charge in [0.15, 0.2) is 0 Å². The summed E-state index contributed by atoms with van der Waals surface area (Å²) >= 11 is 0. The lowest BCUT2D eigenvalue weighted by Gasteiger charge is -2.59. The summed E-state index contributed by atoms with van der Waals surface area (Å²) in [5, 5.41) is 23.0. The Kier molecular flexibility index (Phi) is 2.69. The van der Waals surface area contributed by atoms with Crippen molar-refractivity contribution in [1.82, 2.24) is 0 Å². The first-order valence-corrected chi connectivity index (χ1v) is 8.83. The molecule has 6 atom stereocenters. The van der Waals surface area contributed by atoms with Gasteiger partial charge < -0.3 is 19.4 Å². The maximum Gasteiger partial charge on any atom is 0.139 e. The third-order valence-electron chi connectivity index (χ3n) is 7.07. The van der Waals surface area contributed by atoms with Gasteiger partial charge in [0.1, 0.15) is 24.0 Å². The van der Waals surface area contributed by atoms with E-state index in [0.717, 1.165) is 36.0 Å². The van der Waals surface area contributed by atoms with Crippen LogP contribution in [0.1, 0.15) is 17.5 Å². The van der Waals surface area contributed by atoms with Crippen LogP contribution in [0.15, 0.2) is 36.9 Å². The van der Waals surface area contributed by atoms with E-state index in [2.05, 4.69) is 19.7 Å². The monoisotopic (exact) mass is 325 g/mol. The van der Waals surface area contributed by atoms with Crippen molar-refractivity contribution in [3.05, 3.63) is 48.1 Å². The largest absolute Gasteiger partial charge is 0.870 e. The van der Waals surface area contributed by atoms with Gasteiger partial charge >= 0.3 is 0 Å². The van der Waals surface area contributed by atoms with Gasteiger partial charge in [-0.1, -0.05) is 36.6 Å². The summed E-state index contributed by atoms with van der Waals surface area (Å²) in [6, 6.07) is 4.06. The van der Waals surface area contributed by atoms with Gasteiger partial charge in [-0.25, -0.2) is 0 Å². The van der Waals surface area contributed by atoms with Crippen LogP contribution in [-0.2, 0) is 11.8 Å². The van der Waals surface area contributed by atoms with E-state index in [-0.39, 0.29) is 17.3 Å². The number of quaternary nitrogens is 1. The Bertz CT molecular complexity index is 772. The van der Waals surface area contributed by atoms with Crippen molar-refractivity contribution in [3.63, 3.8) is 0 Å². The molecular weight excluding hydrogens is 302 g/mol. The number of likely N-dealkylation sites (tertiary alicyclic amines) is 1. The fourth-order valence-corrected chi connectivity index (χ4v) is 6.01. The molecule has 1 aromatic carbocycles. The van der Waals surface area contributed by atoms with E-state index in [9.17, 15) is 10.2 Å². The Morgan fingerprint density at radius 2 is 2.29 bits per heavy atom. The summed E-state index contributed by atoms with van der Waals surface area (Å²) in [6.07, 6.45) is 7.02. The smallest absolute Gasteiger partial charge is 0.139 e. The number of aliphatic hydroxyl groups is 1. The van der Waals surface area contributed by atoms with E-state index in [4.69, 9.17) is 4.74 Å². The van der Waals surface area contributed by atoms with Crippen LogP contribution in [0.25, 0.3) is 0 Å². The van der Waals surface area contributed by atoms with Crippen LogP contribution in [-0.4, -0.2) is 48.0 Å². The molecule has 4 aliphatic rings. The Hall–Kier alpha value is -1.78. The van der Waals surface area contributed by atoms with Crippen LogP contribution >= 0.6 is 0 Å². The topological polar surface area (TPSA) is 52.5 Å². The zero-order chi connectivity index (χ0) is 16.7. The van der Waals surface area contributed by atoms with Gasteiger partial charge in [0.05, 0.1) is 25.6 Å². The summed E-state index contributed by atoms with van der Waals surface area (Å²) in [7, 11) is 2.32. The van der Waals surface area contributed by atoms with Gasteiger partial charge in [0.2, 0.25) is 0 Å². The van der Waals surface area contributed by atoms with Gasteiger partial charge in [-0.2, -0.15) is 0 Å². The maximum absolute atomic E-state index is 12.4. The third kappa shape index (κ3) is 1.47. The van der Waals surface area contributed by atoms with Gasteiger partial charge in [-0.3, -0.25) is 0 Å². The Morgan fingerprint density at radius 3 is 3.08 bits per heavy atom. The van der Waals surface area contributed by atoms with Gasteiger partial charge in [0, 0.05) is 24.3 Å². The number of hydrogen-bond acceptors (Lipinski definition) is 3. The standard InChI is InChI=1S/C20H23NO3/c1-3-9-21(2)10-8-20-13-5-7-16(23)19(20)24-18-15(22)6-4-12(17(18)20)11-14(13)21/h3-7,13-14,16,19,23H,1,8-11H2,2H3/t13-,14+,16-,19-,20-,21?/m0/s1. The molecule has 4 heteroatoms. The molecule has 126 valence electrons. The molecule has 1 unspecified atom stereocenters. The summed E-state index contributed by atoms with van der Waals surface area (Å²) in [5.74, 6) is 0.763. The van der Waals surface area contributed by atoms with Crippen molar-refractivity contribution in [2.75, 3.05) is 20.1 Å². The van der Waals surface area contributed by atoms with E-state index in [1.165, 1.54) is 5.56 Å². The molecule has 2 bridgehead atoms. The van der Waals surface area contributed by atoms with Gasteiger partial charge in [-0.05, 0) is 11.6 Å². The highest BCUT2D eigenvalue weighted by Gasteiger charge is 2.67. The van der Waals surface area contributed by atoms with E-state index in [1.807, 2.05) is 18.2 Å². The number of aliphatic hydroxyl groups excluding tert-OH is 1. The number of hydrogen-bond donors (Lipinski definition) is 1. The van der Waals surface area contributed by atoms with E-state index in [0.29, 0.717) is 17.7 Å². The molecule has 1 fully saturated rings. The molecule has 0 aromatic heterocycles. The zero-order valence-electron chi connectivity index (χ0n) is 13.9. The molecule has 1 saturated heterocycles. The summed E-state index contributed by atoms with van der Waals surface area (Å²) in [5.41, 5.74) is 2.11. The third-order valence-corrected chi connectivity index (χ3v) is 7.07. The molecule has 24 heavy (non-hydrogen) atoms. The second-order valence-corrected chi connectivity index (χ2v) is 8.10.